The SMILES string of the molecule is CC(C)C(C)(C)CC12CC3CC(CC(C3)C1)C2. The molecule has 4 bridgehead atoms. The summed E-state index contributed by atoms with van der Waals surface area (Å²) in [6.07, 6.45) is 11.0. The molecule has 0 spiro atoms. The van der Waals surface area contributed by atoms with E-state index in [9.17, 15) is 0 Å². The van der Waals surface area contributed by atoms with Crippen LogP contribution in [0, 0.1) is 34.5 Å². The van der Waals surface area contributed by atoms with Crippen LogP contribution >= 0.6 is 0 Å². The fraction of sp³-hybridized carbons (Fsp3) is 1.00. The van der Waals surface area contributed by atoms with Gasteiger partial charge in [-0.25, -0.2) is 0 Å². The molecule has 0 aromatic carbocycles. The Balaban J connectivity index is 1.78. The topological polar surface area (TPSA) is 0 Å². The molecule has 0 nitrogen and oxygen atoms in total. The first kappa shape index (κ1) is 12.1. The molecule has 0 amide bonds. The number of hydrogen-bond acceptors (Lipinski definition) is 0. The first-order valence-electron chi connectivity index (χ1n) is 7.89. The third-order valence-corrected chi connectivity index (χ3v) is 6.56. The Bertz CT molecular complexity index is 262. The van der Waals surface area contributed by atoms with Crippen LogP contribution in [0.3, 0.4) is 0 Å². The fourth-order valence-corrected chi connectivity index (χ4v) is 5.68. The molecule has 0 aliphatic heterocycles. The van der Waals surface area contributed by atoms with E-state index in [1.165, 1.54) is 6.42 Å². The first-order valence-corrected chi connectivity index (χ1v) is 7.89. The summed E-state index contributed by atoms with van der Waals surface area (Å²) in [5.74, 6) is 4.17. The van der Waals surface area contributed by atoms with Crippen LogP contribution < -0.4 is 0 Å². The Labute approximate surface area is 108 Å². The normalized spacial score (nSPS) is 44.6. The van der Waals surface area contributed by atoms with Crippen molar-refractivity contribution in [2.45, 2.75) is 72.6 Å². The number of rotatable bonds is 3. The largest absolute Gasteiger partial charge is 0.0623 e. The second-order valence-corrected chi connectivity index (χ2v) is 8.74. The van der Waals surface area contributed by atoms with Gasteiger partial charge in [-0.1, -0.05) is 27.7 Å². The molecule has 4 fully saturated rings. The van der Waals surface area contributed by atoms with Crippen molar-refractivity contribution in [1.82, 2.24) is 0 Å². The van der Waals surface area contributed by atoms with Crippen LogP contribution in [0.2, 0.25) is 0 Å². The van der Waals surface area contributed by atoms with Crippen molar-refractivity contribution in [3.63, 3.8) is 0 Å². The highest BCUT2D eigenvalue weighted by Crippen LogP contribution is 2.63. The lowest BCUT2D eigenvalue weighted by atomic mass is 9.46. The zero-order valence-corrected chi connectivity index (χ0v) is 12.3. The summed E-state index contributed by atoms with van der Waals surface area (Å²) in [6.45, 7) is 9.85. The van der Waals surface area contributed by atoms with E-state index in [1.54, 1.807) is 38.5 Å². The minimum Gasteiger partial charge on any atom is -0.0623 e. The molecule has 4 saturated carbocycles. The Morgan fingerprint density at radius 3 is 1.71 bits per heavy atom. The van der Waals surface area contributed by atoms with E-state index in [0.29, 0.717) is 5.41 Å². The molecule has 0 saturated heterocycles. The molecule has 17 heavy (non-hydrogen) atoms. The maximum Gasteiger partial charge on any atom is -0.0284 e. The van der Waals surface area contributed by atoms with E-state index in [-0.39, 0.29) is 0 Å². The average Bonchev–Trinajstić information content (AvgIpc) is 2.12. The Morgan fingerprint density at radius 1 is 0.941 bits per heavy atom. The Morgan fingerprint density at radius 2 is 1.35 bits per heavy atom. The van der Waals surface area contributed by atoms with Crippen molar-refractivity contribution in [3.8, 4) is 0 Å². The van der Waals surface area contributed by atoms with Gasteiger partial charge in [-0.15, -0.1) is 0 Å². The highest BCUT2D eigenvalue weighted by atomic mass is 14.6. The molecule has 0 atom stereocenters. The van der Waals surface area contributed by atoms with Crippen molar-refractivity contribution in [3.05, 3.63) is 0 Å². The minimum atomic E-state index is 0.547. The molecule has 4 aliphatic carbocycles. The Hall–Kier alpha value is 0. The summed E-state index contributed by atoms with van der Waals surface area (Å²) < 4.78 is 0. The van der Waals surface area contributed by atoms with Crippen molar-refractivity contribution in [2.75, 3.05) is 0 Å². The monoisotopic (exact) mass is 234 g/mol. The summed E-state index contributed by atoms with van der Waals surface area (Å²) in [5, 5.41) is 0. The Kier molecular flexibility index (Phi) is 2.66. The van der Waals surface area contributed by atoms with Crippen molar-refractivity contribution in [1.29, 1.82) is 0 Å². The molecule has 0 N–H and O–H groups in total. The molecule has 0 aromatic heterocycles. The second kappa shape index (κ2) is 3.75. The highest BCUT2D eigenvalue weighted by molar-refractivity contribution is 5.03. The van der Waals surface area contributed by atoms with E-state index in [0.717, 1.165) is 29.1 Å². The van der Waals surface area contributed by atoms with Gasteiger partial charge in [0.15, 0.2) is 0 Å². The van der Waals surface area contributed by atoms with Crippen LogP contribution in [0.15, 0.2) is 0 Å². The molecule has 0 heterocycles. The zero-order chi connectivity index (χ0) is 12.3. The van der Waals surface area contributed by atoms with Crippen molar-refractivity contribution in [2.24, 2.45) is 34.5 Å². The predicted molar refractivity (Wildman–Crippen MR) is 73.8 cm³/mol. The van der Waals surface area contributed by atoms with E-state index in [4.69, 9.17) is 0 Å². The van der Waals surface area contributed by atoms with Crippen LogP contribution in [0.25, 0.3) is 0 Å². The van der Waals surface area contributed by atoms with Crippen LogP contribution in [0.5, 0.6) is 0 Å². The van der Waals surface area contributed by atoms with Gasteiger partial charge in [0.1, 0.15) is 0 Å². The van der Waals surface area contributed by atoms with Crippen LogP contribution in [0.1, 0.15) is 72.6 Å². The summed E-state index contributed by atoms with van der Waals surface area (Å²) in [6, 6.07) is 0. The van der Waals surface area contributed by atoms with E-state index < -0.39 is 0 Å². The molecular weight excluding hydrogens is 204 g/mol. The first-order chi connectivity index (χ1) is 7.89. The molecular formula is C17H30. The van der Waals surface area contributed by atoms with Crippen LogP contribution in [-0.2, 0) is 0 Å². The van der Waals surface area contributed by atoms with Gasteiger partial charge in [0.25, 0.3) is 0 Å². The minimum absolute atomic E-state index is 0.547. The van der Waals surface area contributed by atoms with Crippen LogP contribution in [-0.4, -0.2) is 0 Å². The average molecular weight is 234 g/mol. The van der Waals surface area contributed by atoms with Gasteiger partial charge < -0.3 is 0 Å². The van der Waals surface area contributed by atoms with Gasteiger partial charge in [0, 0.05) is 0 Å². The third-order valence-electron chi connectivity index (χ3n) is 6.56. The van der Waals surface area contributed by atoms with E-state index in [2.05, 4.69) is 27.7 Å². The zero-order valence-electron chi connectivity index (χ0n) is 12.3. The lowest BCUT2D eigenvalue weighted by Crippen LogP contribution is -2.48. The van der Waals surface area contributed by atoms with Gasteiger partial charge in [-0.3, -0.25) is 0 Å². The third kappa shape index (κ3) is 2.06. The summed E-state index contributed by atoms with van der Waals surface area (Å²) in [5.41, 5.74) is 1.31. The quantitative estimate of drug-likeness (QED) is 0.623. The van der Waals surface area contributed by atoms with Gasteiger partial charge >= 0.3 is 0 Å². The molecule has 98 valence electrons. The van der Waals surface area contributed by atoms with E-state index in [1.807, 2.05) is 0 Å². The molecule has 0 heteroatoms. The smallest absolute Gasteiger partial charge is 0.0284 e. The maximum atomic E-state index is 2.51. The molecule has 4 rings (SSSR count). The molecule has 4 aliphatic rings. The summed E-state index contributed by atoms with van der Waals surface area (Å²) in [4.78, 5) is 0. The molecule has 0 unspecified atom stereocenters. The predicted octanol–water partition coefficient (Wildman–Crippen LogP) is 5.28. The summed E-state index contributed by atoms with van der Waals surface area (Å²) in [7, 11) is 0. The molecule has 0 aromatic rings. The second-order valence-electron chi connectivity index (χ2n) is 8.74. The molecule has 0 radical (unpaired) electrons. The van der Waals surface area contributed by atoms with Gasteiger partial charge in [0.2, 0.25) is 0 Å². The lowest BCUT2D eigenvalue weighted by molar-refractivity contribution is -0.0797. The maximum absolute atomic E-state index is 2.51. The standard InChI is InChI=1S/C17H30/c1-12(2)16(3,4)11-17-8-13-5-14(9-17)7-15(6-13)10-17/h12-15H,5-11H2,1-4H3. The van der Waals surface area contributed by atoms with Crippen LogP contribution in [0.4, 0.5) is 0 Å². The van der Waals surface area contributed by atoms with Gasteiger partial charge in [-0.2, -0.15) is 0 Å². The van der Waals surface area contributed by atoms with Crippen molar-refractivity contribution < 1.29 is 0 Å². The fourth-order valence-electron chi connectivity index (χ4n) is 5.68. The van der Waals surface area contributed by atoms with Gasteiger partial charge in [0.05, 0.1) is 0 Å². The lowest BCUT2D eigenvalue weighted by Gasteiger charge is -2.59. The number of hydrogen-bond donors (Lipinski definition) is 0. The summed E-state index contributed by atoms with van der Waals surface area (Å²) >= 11 is 0. The van der Waals surface area contributed by atoms with Gasteiger partial charge in [-0.05, 0) is 79.4 Å². The van der Waals surface area contributed by atoms with Crippen molar-refractivity contribution >= 4 is 0 Å². The highest BCUT2D eigenvalue weighted by Gasteiger charge is 2.52. The van der Waals surface area contributed by atoms with E-state index >= 15 is 0 Å².